The smallest absolute Gasteiger partial charge is 0.260 e. The Morgan fingerprint density at radius 3 is 2.48 bits per heavy atom. The number of phenols is 1. The van der Waals surface area contributed by atoms with Gasteiger partial charge in [0.05, 0.1) is 11.3 Å². The molecule has 0 saturated heterocycles. The predicted molar refractivity (Wildman–Crippen MR) is 120 cm³/mol. The zero-order valence-electron chi connectivity index (χ0n) is 16.4. The lowest BCUT2D eigenvalue weighted by atomic mass is 10.0. The normalized spacial score (nSPS) is 11.1. The summed E-state index contributed by atoms with van der Waals surface area (Å²) < 4.78 is 4.08. The summed E-state index contributed by atoms with van der Waals surface area (Å²) >= 11 is 0.973. The number of hydrogen-bond donors (Lipinski definition) is 3. The molecule has 0 saturated carbocycles. The van der Waals surface area contributed by atoms with Gasteiger partial charge in [-0.05, 0) is 47.4 Å². The van der Waals surface area contributed by atoms with Gasteiger partial charge in [-0.15, -0.1) is 10.2 Å². The van der Waals surface area contributed by atoms with Gasteiger partial charge in [-0.1, -0.05) is 42.5 Å². The molecule has 0 aliphatic rings. The van der Waals surface area contributed by atoms with E-state index in [-0.39, 0.29) is 27.6 Å². The highest BCUT2D eigenvalue weighted by atomic mass is 32.1. The summed E-state index contributed by atoms with van der Waals surface area (Å²) in [6, 6.07) is 17.7. The fourth-order valence-electron chi connectivity index (χ4n) is 3.15. The molecule has 0 unspecified atom stereocenters. The van der Waals surface area contributed by atoms with E-state index >= 15 is 0 Å². The lowest BCUT2D eigenvalue weighted by molar-refractivity contribution is 0.0997. The minimum Gasteiger partial charge on any atom is -0.505 e. The van der Waals surface area contributed by atoms with Gasteiger partial charge in [0.15, 0.2) is 10.8 Å². The molecule has 8 nitrogen and oxygen atoms in total. The van der Waals surface area contributed by atoms with E-state index in [1.165, 1.54) is 0 Å². The van der Waals surface area contributed by atoms with Crippen molar-refractivity contribution in [3.8, 4) is 5.75 Å². The summed E-state index contributed by atoms with van der Waals surface area (Å²) in [6.45, 7) is 1.65. The van der Waals surface area contributed by atoms with E-state index in [0.717, 1.165) is 11.5 Å². The third kappa shape index (κ3) is 3.99. The summed E-state index contributed by atoms with van der Waals surface area (Å²) in [6.07, 6.45) is 0. The first kappa shape index (κ1) is 20.2. The molecule has 0 radical (unpaired) electrons. The van der Waals surface area contributed by atoms with Gasteiger partial charge in [0.1, 0.15) is 11.3 Å². The Labute approximate surface area is 181 Å². The van der Waals surface area contributed by atoms with Crippen LogP contribution in [0.4, 0.5) is 16.4 Å². The van der Waals surface area contributed by atoms with Crippen LogP contribution in [-0.4, -0.2) is 21.3 Å². The third-order valence-corrected chi connectivity index (χ3v) is 5.42. The number of carbonyl (C=O) groups is 2. The summed E-state index contributed by atoms with van der Waals surface area (Å²) in [5.41, 5.74) is 6.78. The Bertz CT molecular complexity index is 1330. The second kappa shape index (κ2) is 8.33. The van der Waals surface area contributed by atoms with Crippen molar-refractivity contribution in [2.45, 2.75) is 6.92 Å². The van der Waals surface area contributed by atoms with Gasteiger partial charge in [0.2, 0.25) is 0 Å². The van der Waals surface area contributed by atoms with Crippen LogP contribution < -0.4 is 11.1 Å². The number of amides is 2. The van der Waals surface area contributed by atoms with Crippen LogP contribution in [0.2, 0.25) is 0 Å². The molecule has 0 spiro atoms. The average molecular weight is 431 g/mol. The number of nitrogens with zero attached hydrogens (tertiary/aromatic N) is 3. The number of aromatic hydroxyl groups is 1. The maximum atomic E-state index is 13.0. The van der Waals surface area contributed by atoms with Crippen molar-refractivity contribution in [1.29, 1.82) is 0 Å². The number of anilines is 1. The number of rotatable bonds is 5. The molecule has 4 rings (SSSR count). The fraction of sp³-hybridized carbons (Fsp3) is 0.0455. The number of carbonyl (C=O) groups excluding carboxylic acids is 2. The second-order valence-electron chi connectivity index (χ2n) is 6.67. The summed E-state index contributed by atoms with van der Waals surface area (Å²) in [5.74, 6) is -1.47. The highest BCUT2D eigenvalue weighted by molar-refractivity contribution is 7.10. The second-order valence-corrected chi connectivity index (χ2v) is 7.42. The number of azo groups is 1. The number of nitrogens with two attached hydrogens (primary N) is 1. The number of aryl methyl sites for hydroxylation is 1. The van der Waals surface area contributed by atoms with Gasteiger partial charge in [0, 0.05) is 5.69 Å². The van der Waals surface area contributed by atoms with E-state index in [9.17, 15) is 14.7 Å². The topological polar surface area (TPSA) is 130 Å². The molecule has 0 aliphatic heterocycles. The Morgan fingerprint density at radius 1 is 1.03 bits per heavy atom. The molecular formula is C22H17N5O3S. The van der Waals surface area contributed by atoms with Crippen molar-refractivity contribution in [3.05, 3.63) is 77.5 Å². The van der Waals surface area contributed by atoms with E-state index in [1.807, 2.05) is 12.1 Å². The molecular weight excluding hydrogens is 414 g/mol. The minimum absolute atomic E-state index is 0.0755. The van der Waals surface area contributed by atoms with Crippen molar-refractivity contribution in [2.24, 2.45) is 16.0 Å². The van der Waals surface area contributed by atoms with Crippen LogP contribution in [0.25, 0.3) is 10.8 Å². The molecule has 2 amide bonds. The summed E-state index contributed by atoms with van der Waals surface area (Å²) in [4.78, 5) is 24.7. The fourth-order valence-corrected chi connectivity index (χ4v) is 3.88. The van der Waals surface area contributed by atoms with Crippen LogP contribution in [0.5, 0.6) is 5.75 Å². The van der Waals surface area contributed by atoms with Crippen LogP contribution in [0.3, 0.4) is 0 Å². The Hall–Kier alpha value is -4.11. The molecule has 0 bridgehead atoms. The van der Waals surface area contributed by atoms with Gasteiger partial charge >= 0.3 is 0 Å². The lowest BCUT2D eigenvalue weighted by Crippen LogP contribution is -2.12. The molecule has 31 heavy (non-hydrogen) atoms. The molecule has 4 N–H and O–H groups in total. The van der Waals surface area contributed by atoms with Gasteiger partial charge < -0.3 is 16.2 Å². The highest BCUT2D eigenvalue weighted by Crippen LogP contribution is 2.39. The molecule has 0 atom stereocenters. The van der Waals surface area contributed by atoms with Crippen LogP contribution in [0.15, 0.2) is 70.9 Å². The van der Waals surface area contributed by atoms with Gasteiger partial charge in [0.25, 0.3) is 11.8 Å². The first-order valence-corrected chi connectivity index (χ1v) is 10.0. The van der Waals surface area contributed by atoms with E-state index in [2.05, 4.69) is 19.9 Å². The summed E-state index contributed by atoms with van der Waals surface area (Å²) in [5, 5.41) is 23.3. The highest BCUT2D eigenvalue weighted by Gasteiger charge is 2.20. The molecule has 0 aliphatic carbocycles. The molecule has 3 aromatic carbocycles. The van der Waals surface area contributed by atoms with Crippen molar-refractivity contribution >= 4 is 50.5 Å². The minimum atomic E-state index is -0.661. The van der Waals surface area contributed by atoms with Gasteiger partial charge in [-0.3, -0.25) is 9.59 Å². The molecule has 1 aromatic heterocycles. The predicted octanol–water partition coefficient (Wildman–Crippen LogP) is 5.08. The molecule has 1 heterocycles. The van der Waals surface area contributed by atoms with E-state index in [0.29, 0.717) is 22.2 Å². The van der Waals surface area contributed by atoms with Crippen molar-refractivity contribution in [3.63, 3.8) is 0 Å². The zero-order chi connectivity index (χ0) is 22.0. The standard InChI is InChI=1S/C22H17N5O3S/c1-12-17(20(23)29)22(31-27-12)26-25-16-11-13-7-5-6-10-15(13)18(19(16)28)21(30)24-14-8-3-2-4-9-14/h2-11,28H,1H3,(H2,23,29)(H,24,30). The maximum absolute atomic E-state index is 13.0. The SMILES string of the molecule is Cc1nsc(N=Nc2cc3ccccc3c(C(=O)Nc3ccccc3)c2O)c1C(N)=O. The van der Waals surface area contributed by atoms with Crippen molar-refractivity contribution < 1.29 is 14.7 Å². The third-order valence-electron chi connectivity index (χ3n) is 4.60. The quantitative estimate of drug-likeness (QED) is 0.380. The largest absolute Gasteiger partial charge is 0.505 e. The average Bonchev–Trinajstić information content (AvgIpc) is 3.13. The number of primary amides is 1. The first-order valence-electron chi connectivity index (χ1n) is 9.24. The first-order chi connectivity index (χ1) is 15.0. The van der Waals surface area contributed by atoms with Crippen LogP contribution in [0, 0.1) is 6.92 Å². The Morgan fingerprint density at radius 2 is 1.74 bits per heavy atom. The van der Waals surface area contributed by atoms with E-state index < -0.39 is 11.8 Å². The molecule has 0 fully saturated rings. The number of para-hydroxylation sites is 1. The Balaban J connectivity index is 1.80. The monoisotopic (exact) mass is 431 g/mol. The van der Waals surface area contributed by atoms with E-state index in [1.54, 1.807) is 55.5 Å². The number of phenolic OH excluding ortho intramolecular Hbond substituents is 1. The van der Waals surface area contributed by atoms with Gasteiger partial charge in [-0.25, -0.2) is 0 Å². The number of hydrogen-bond acceptors (Lipinski definition) is 7. The molecule has 154 valence electrons. The number of benzene rings is 3. The summed E-state index contributed by atoms with van der Waals surface area (Å²) in [7, 11) is 0. The number of nitrogens with one attached hydrogen (secondary N) is 1. The molecule has 9 heteroatoms. The van der Waals surface area contributed by atoms with Crippen molar-refractivity contribution in [2.75, 3.05) is 5.32 Å². The van der Waals surface area contributed by atoms with Crippen LogP contribution >= 0.6 is 11.5 Å². The number of fused-ring (bicyclic) bond motifs is 1. The van der Waals surface area contributed by atoms with Crippen LogP contribution in [-0.2, 0) is 0 Å². The zero-order valence-corrected chi connectivity index (χ0v) is 17.2. The van der Waals surface area contributed by atoms with Gasteiger partial charge in [-0.2, -0.15) is 4.37 Å². The molecule has 4 aromatic rings. The van der Waals surface area contributed by atoms with Crippen LogP contribution in [0.1, 0.15) is 26.4 Å². The van der Waals surface area contributed by atoms with E-state index in [4.69, 9.17) is 5.73 Å². The lowest BCUT2D eigenvalue weighted by Gasteiger charge is -2.12. The maximum Gasteiger partial charge on any atom is 0.260 e. The number of aromatic nitrogens is 1. The Kier molecular flexibility index (Phi) is 5.42. The van der Waals surface area contributed by atoms with Crippen molar-refractivity contribution in [1.82, 2.24) is 4.37 Å².